The van der Waals surface area contributed by atoms with Crippen molar-refractivity contribution in [2.24, 2.45) is 10.4 Å². The molecule has 4 rings (SSSR count). The van der Waals surface area contributed by atoms with Crippen LogP contribution in [-0.2, 0) is 13.0 Å². The Kier molecular flexibility index (Phi) is 3.45. The summed E-state index contributed by atoms with van der Waals surface area (Å²) < 4.78 is 5.47. The molecule has 1 aliphatic heterocycles. The summed E-state index contributed by atoms with van der Waals surface area (Å²) >= 11 is 0. The van der Waals surface area contributed by atoms with Crippen LogP contribution in [0.25, 0.3) is 0 Å². The second-order valence-corrected chi connectivity index (χ2v) is 6.42. The number of aromatic nitrogens is 1. The lowest BCUT2D eigenvalue weighted by atomic mass is 9.69. The van der Waals surface area contributed by atoms with Crippen molar-refractivity contribution in [3.05, 3.63) is 48.0 Å². The molecule has 114 valence electrons. The van der Waals surface area contributed by atoms with Gasteiger partial charge in [0, 0.05) is 11.8 Å². The molecule has 0 saturated heterocycles. The number of anilines is 1. The van der Waals surface area contributed by atoms with Crippen LogP contribution in [0.15, 0.2) is 46.1 Å². The van der Waals surface area contributed by atoms with Gasteiger partial charge in [0.25, 0.3) is 0 Å². The minimum Gasteiger partial charge on any atom is -0.427 e. The van der Waals surface area contributed by atoms with E-state index in [1.54, 1.807) is 0 Å². The molecule has 2 aromatic rings. The molecular weight excluding hydrogens is 274 g/mol. The first-order valence-corrected chi connectivity index (χ1v) is 8.14. The van der Waals surface area contributed by atoms with E-state index in [0.717, 1.165) is 23.8 Å². The van der Waals surface area contributed by atoms with Crippen molar-refractivity contribution in [3.63, 3.8) is 0 Å². The number of amidine groups is 1. The molecule has 4 nitrogen and oxygen atoms in total. The molecule has 0 radical (unpaired) electrons. The number of hydrogen-bond acceptors (Lipinski definition) is 3. The molecule has 2 heterocycles. The summed E-state index contributed by atoms with van der Waals surface area (Å²) in [5.74, 6) is 1.88. The normalized spacial score (nSPS) is 21.5. The molecule has 1 spiro atoms. The maximum atomic E-state index is 5.47. The first-order valence-electron chi connectivity index (χ1n) is 8.14. The van der Waals surface area contributed by atoms with Gasteiger partial charge in [0.1, 0.15) is 11.5 Å². The van der Waals surface area contributed by atoms with E-state index in [1.807, 2.05) is 6.07 Å². The number of nitrogens with one attached hydrogen (secondary N) is 1. The minimum atomic E-state index is 0.136. The molecule has 2 aliphatic rings. The maximum absolute atomic E-state index is 5.47. The number of fused-ring (bicyclic) bond motifs is 1. The summed E-state index contributed by atoms with van der Waals surface area (Å²) in [5.41, 5.74) is 2.43. The summed E-state index contributed by atoms with van der Waals surface area (Å²) in [6.45, 7) is 0.717. The second kappa shape index (κ2) is 5.59. The molecule has 1 aromatic heterocycles. The smallest absolute Gasteiger partial charge is 0.221 e. The molecule has 1 aliphatic carbocycles. The van der Waals surface area contributed by atoms with Crippen LogP contribution >= 0.6 is 0 Å². The van der Waals surface area contributed by atoms with Crippen LogP contribution in [0.1, 0.15) is 43.4 Å². The van der Waals surface area contributed by atoms with Gasteiger partial charge in [-0.2, -0.15) is 0 Å². The molecule has 4 heteroatoms. The summed E-state index contributed by atoms with van der Waals surface area (Å²) in [5, 5.41) is 3.43. The van der Waals surface area contributed by atoms with Crippen LogP contribution in [0.3, 0.4) is 0 Å². The largest absolute Gasteiger partial charge is 0.427 e. The summed E-state index contributed by atoms with van der Waals surface area (Å²) in [4.78, 5) is 9.30. The molecule has 0 amide bonds. The van der Waals surface area contributed by atoms with E-state index in [1.165, 1.54) is 44.1 Å². The zero-order valence-electron chi connectivity index (χ0n) is 12.7. The number of nitrogens with zero attached hydrogens (tertiary/aromatic N) is 2. The van der Waals surface area contributed by atoms with E-state index < -0.39 is 0 Å². The molecule has 0 unspecified atom stereocenters. The Hall–Kier alpha value is -2.10. The highest BCUT2D eigenvalue weighted by Crippen LogP contribution is 2.44. The molecule has 1 N–H and O–H groups in total. The van der Waals surface area contributed by atoms with Gasteiger partial charge in [0.2, 0.25) is 5.88 Å². The van der Waals surface area contributed by atoms with Crippen LogP contribution in [0.5, 0.6) is 0 Å². The van der Waals surface area contributed by atoms with Gasteiger partial charge < -0.3 is 9.73 Å². The lowest BCUT2D eigenvalue weighted by molar-refractivity contribution is 0.275. The summed E-state index contributed by atoms with van der Waals surface area (Å²) in [6, 6.07) is 10.4. The standard InChI is InChI=1S/C18H21N3O/c1-3-7-14(8-4-1)12-19-17-18(9-5-2-6-10-18)11-15-16(21-17)22-13-20-15/h1,3-4,7-8,13H,2,5-6,9-12H2,(H,19,21). The fraction of sp³-hybridized carbons (Fsp3) is 0.444. The Morgan fingerprint density at radius 1 is 1.14 bits per heavy atom. The third kappa shape index (κ3) is 2.43. The van der Waals surface area contributed by atoms with E-state index in [0.29, 0.717) is 6.54 Å². The van der Waals surface area contributed by atoms with Crippen LogP contribution in [0, 0.1) is 5.41 Å². The Bertz CT molecular complexity index is 669. The van der Waals surface area contributed by atoms with E-state index in [4.69, 9.17) is 9.41 Å². The highest BCUT2D eigenvalue weighted by Gasteiger charge is 2.42. The van der Waals surface area contributed by atoms with Crippen LogP contribution in [0.2, 0.25) is 0 Å². The van der Waals surface area contributed by atoms with Gasteiger partial charge in [0.15, 0.2) is 6.39 Å². The number of hydrogen-bond donors (Lipinski definition) is 1. The molecule has 22 heavy (non-hydrogen) atoms. The second-order valence-electron chi connectivity index (χ2n) is 6.42. The van der Waals surface area contributed by atoms with Crippen LogP contribution in [-0.4, -0.2) is 10.8 Å². The molecule has 0 bridgehead atoms. The maximum Gasteiger partial charge on any atom is 0.221 e. The zero-order chi connectivity index (χ0) is 14.8. The number of benzene rings is 1. The van der Waals surface area contributed by atoms with Gasteiger partial charge in [-0.05, 0) is 18.4 Å². The molecular formula is C18H21N3O. The number of rotatable bonds is 2. The van der Waals surface area contributed by atoms with Crippen molar-refractivity contribution >= 4 is 11.7 Å². The fourth-order valence-electron chi connectivity index (χ4n) is 3.74. The van der Waals surface area contributed by atoms with E-state index in [9.17, 15) is 0 Å². The van der Waals surface area contributed by atoms with Crippen molar-refractivity contribution in [3.8, 4) is 0 Å². The Balaban J connectivity index is 1.65. The quantitative estimate of drug-likeness (QED) is 0.903. The van der Waals surface area contributed by atoms with E-state index >= 15 is 0 Å². The lowest BCUT2D eigenvalue weighted by Crippen LogP contribution is -2.43. The van der Waals surface area contributed by atoms with Gasteiger partial charge >= 0.3 is 0 Å². The first kappa shape index (κ1) is 13.6. The number of oxazole rings is 1. The van der Waals surface area contributed by atoms with Gasteiger partial charge in [-0.1, -0.05) is 49.6 Å². The average molecular weight is 295 g/mol. The van der Waals surface area contributed by atoms with Crippen molar-refractivity contribution in [2.75, 3.05) is 5.32 Å². The predicted molar refractivity (Wildman–Crippen MR) is 86.9 cm³/mol. The monoisotopic (exact) mass is 295 g/mol. The SMILES string of the molecule is c1ccc(CN=C2Nc3ocnc3CC23CCCCC3)cc1. The van der Waals surface area contributed by atoms with E-state index in [2.05, 4.69) is 34.6 Å². The van der Waals surface area contributed by atoms with Gasteiger partial charge in [-0.25, -0.2) is 4.98 Å². The lowest BCUT2D eigenvalue weighted by Gasteiger charge is -2.40. The van der Waals surface area contributed by atoms with Crippen LogP contribution in [0.4, 0.5) is 5.88 Å². The summed E-state index contributed by atoms with van der Waals surface area (Å²) in [7, 11) is 0. The molecule has 1 aromatic carbocycles. The van der Waals surface area contributed by atoms with Crippen molar-refractivity contribution in [1.29, 1.82) is 0 Å². The predicted octanol–water partition coefficient (Wildman–Crippen LogP) is 4.19. The van der Waals surface area contributed by atoms with Crippen molar-refractivity contribution in [1.82, 2.24) is 4.98 Å². The topological polar surface area (TPSA) is 50.4 Å². The molecule has 1 fully saturated rings. The van der Waals surface area contributed by atoms with Gasteiger partial charge in [-0.15, -0.1) is 0 Å². The molecule has 0 atom stereocenters. The van der Waals surface area contributed by atoms with E-state index in [-0.39, 0.29) is 5.41 Å². The number of aliphatic imine (C=N–C) groups is 1. The third-order valence-electron chi connectivity index (χ3n) is 4.95. The average Bonchev–Trinajstić information content (AvgIpc) is 3.01. The van der Waals surface area contributed by atoms with Crippen molar-refractivity contribution < 1.29 is 4.42 Å². The highest BCUT2D eigenvalue weighted by atomic mass is 16.4. The Morgan fingerprint density at radius 3 is 2.77 bits per heavy atom. The van der Waals surface area contributed by atoms with Gasteiger partial charge in [-0.3, -0.25) is 4.99 Å². The third-order valence-corrected chi connectivity index (χ3v) is 4.95. The first-order chi connectivity index (χ1) is 10.9. The van der Waals surface area contributed by atoms with Gasteiger partial charge in [0.05, 0.1) is 6.54 Å². The Morgan fingerprint density at radius 2 is 1.95 bits per heavy atom. The highest BCUT2D eigenvalue weighted by molar-refractivity contribution is 6.01. The Labute approximate surface area is 130 Å². The van der Waals surface area contributed by atoms with Crippen molar-refractivity contribution in [2.45, 2.75) is 45.1 Å². The molecule has 1 saturated carbocycles. The van der Waals surface area contributed by atoms with Crippen LogP contribution < -0.4 is 5.32 Å². The summed E-state index contributed by atoms with van der Waals surface area (Å²) in [6.07, 6.45) is 8.77. The zero-order valence-corrected chi connectivity index (χ0v) is 12.7. The minimum absolute atomic E-state index is 0.136. The fourth-order valence-corrected chi connectivity index (χ4v) is 3.74.